The fraction of sp³-hybridized carbons (Fsp3) is 0.797. The van der Waals surface area contributed by atoms with E-state index in [1.165, 1.54) is 161 Å². The summed E-state index contributed by atoms with van der Waals surface area (Å²) in [6, 6.07) is 0. The van der Waals surface area contributed by atoms with E-state index in [1.54, 1.807) is 0 Å². The molecule has 1 atom stereocenters. The fourth-order valence-electron chi connectivity index (χ4n) is 8.67. The van der Waals surface area contributed by atoms with Crippen molar-refractivity contribution in [2.45, 2.75) is 316 Å². The Morgan fingerprint density at radius 2 is 0.543 bits per heavy atom. The molecule has 0 aliphatic heterocycles. The smallest absolute Gasteiger partial charge is 0.306 e. The Balaban J connectivity index is 4.35. The van der Waals surface area contributed by atoms with E-state index in [0.717, 1.165) is 109 Å². The molecule has 0 saturated heterocycles. The van der Waals surface area contributed by atoms with Gasteiger partial charge in [-0.1, -0.05) is 268 Å². The molecule has 0 bridgehead atoms. The van der Waals surface area contributed by atoms with E-state index in [2.05, 4.69) is 81.5 Å². The molecule has 0 N–H and O–H groups in total. The third kappa shape index (κ3) is 56.0. The average molecular weight is 980 g/mol. The zero-order chi connectivity index (χ0) is 50.7. The van der Waals surface area contributed by atoms with Gasteiger partial charge in [-0.3, -0.25) is 14.4 Å². The number of unbranched alkanes of at least 4 members (excludes halogenated alkanes) is 34. The molecule has 0 spiro atoms. The van der Waals surface area contributed by atoms with E-state index in [-0.39, 0.29) is 31.1 Å². The maximum absolute atomic E-state index is 12.9. The lowest BCUT2D eigenvalue weighted by atomic mass is 10.0. The molecule has 0 rings (SSSR count). The van der Waals surface area contributed by atoms with Crippen LogP contribution in [0.3, 0.4) is 0 Å². The van der Waals surface area contributed by atoms with Gasteiger partial charge in [0, 0.05) is 19.3 Å². The van der Waals surface area contributed by atoms with Gasteiger partial charge < -0.3 is 14.2 Å². The van der Waals surface area contributed by atoms with Gasteiger partial charge in [0.1, 0.15) is 13.2 Å². The molecule has 0 aromatic heterocycles. The number of hydrogen-bond acceptors (Lipinski definition) is 6. The summed E-state index contributed by atoms with van der Waals surface area (Å²) in [5, 5.41) is 0. The minimum Gasteiger partial charge on any atom is -0.462 e. The Morgan fingerprint density at radius 3 is 0.886 bits per heavy atom. The van der Waals surface area contributed by atoms with Crippen molar-refractivity contribution in [3.8, 4) is 0 Å². The number of carbonyl (C=O) groups excluding carboxylic acids is 3. The van der Waals surface area contributed by atoms with Crippen molar-refractivity contribution < 1.29 is 28.6 Å². The highest BCUT2D eigenvalue weighted by Crippen LogP contribution is 2.17. The molecule has 0 fully saturated rings. The lowest BCUT2D eigenvalue weighted by Gasteiger charge is -2.18. The van der Waals surface area contributed by atoms with Crippen molar-refractivity contribution in [3.63, 3.8) is 0 Å². The topological polar surface area (TPSA) is 78.9 Å². The van der Waals surface area contributed by atoms with Gasteiger partial charge in [0.25, 0.3) is 0 Å². The van der Waals surface area contributed by atoms with Gasteiger partial charge >= 0.3 is 17.9 Å². The molecule has 0 amide bonds. The van der Waals surface area contributed by atoms with E-state index < -0.39 is 6.10 Å². The first-order chi connectivity index (χ1) is 34.5. The zero-order valence-corrected chi connectivity index (χ0v) is 46.5. The molecule has 0 heterocycles. The highest BCUT2D eigenvalue weighted by molar-refractivity contribution is 5.71. The highest BCUT2D eigenvalue weighted by Gasteiger charge is 2.19. The quantitative estimate of drug-likeness (QED) is 0.0261. The normalized spacial score (nSPS) is 12.4. The third-order valence-corrected chi connectivity index (χ3v) is 13.2. The van der Waals surface area contributed by atoms with Gasteiger partial charge in [-0.15, -0.1) is 0 Å². The average Bonchev–Trinajstić information content (AvgIpc) is 3.36. The van der Waals surface area contributed by atoms with Gasteiger partial charge in [0.05, 0.1) is 0 Å². The van der Waals surface area contributed by atoms with Crippen LogP contribution in [0, 0.1) is 0 Å². The third-order valence-electron chi connectivity index (χ3n) is 13.2. The van der Waals surface area contributed by atoms with Crippen LogP contribution in [0.4, 0.5) is 0 Å². The van der Waals surface area contributed by atoms with E-state index in [0.29, 0.717) is 19.3 Å². The molecular weight excluding hydrogens is 865 g/mol. The van der Waals surface area contributed by atoms with Gasteiger partial charge in [-0.2, -0.15) is 0 Å². The van der Waals surface area contributed by atoms with Crippen molar-refractivity contribution in [3.05, 3.63) is 60.8 Å². The lowest BCUT2D eigenvalue weighted by molar-refractivity contribution is -0.167. The Kier molecular flexibility index (Phi) is 56.3. The second-order valence-electron chi connectivity index (χ2n) is 20.3. The molecule has 0 radical (unpaired) electrons. The van der Waals surface area contributed by atoms with Gasteiger partial charge in [-0.05, 0) is 83.5 Å². The van der Waals surface area contributed by atoms with Crippen molar-refractivity contribution in [2.75, 3.05) is 13.2 Å². The lowest BCUT2D eigenvalue weighted by Crippen LogP contribution is -2.30. The molecule has 1 unspecified atom stereocenters. The maximum atomic E-state index is 12.9. The highest BCUT2D eigenvalue weighted by atomic mass is 16.6. The van der Waals surface area contributed by atoms with Crippen LogP contribution in [0.25, 0.3) is 0 Å². The first kappa shape index (κ1) is 67.1. The summed E-state index contributed by atoms with van der Waals surface area (Å²) in [5.41, 5.74) is 0. The van der Waals surface area contributed by atoms with Crippen LogP contribution in [0.5, 0.6) is 0 Å². The number of esters is 3. The molecule has 70 heavy (non-hydrogen) atoms. The molecule has 6 nitrogen and oxygen atoms in total. The maximum Gasteiger partial charge on any atom is 0.306 e. The molecular formula is C64H114O6. The van der Waals surface area contributed by atoms with Crippen LogP contribution in [0.15, 0.2) is 60.8 Å². The Morgan fingerprint density at radius 1 is 0.286 bits per heavy atom. The largest absolute Gasteiger partial charge is 0.462 e. The van der Waals surface area contributed by atoms with Crippen molar-refractivity contribution in [1.82, 2.24) is 0 Å². The van der Waals surface area contributed by atoms with Crippen molar-refractivity contribution in [1.29, 1.82) is 0 Å². The number of allylic oxidation sites excluding steroid dienone is 10. The van der Waals surface area contributed by atoms with E-state index in [4.69, 9.17) is 14.2 Å². The van der Waals surface area contributed by atoms with E-state index >= 15 is 0 Å². The molecule has 6 heteroatoms. The van der Waals surface area contributed by atoms with E-state index in [9.17, 15) is 14.4 Å². The minimum absolute atomic E-state index is 0.0816. The fourth-order valence-corrected chi connectivity index (χ4v) is 8.67. The van der Waals surface area contributed by atoms with Gasteiger partial charge in [-0.25, -0.2) is 0 Å². The van der Waals surface area contributed by atoms with Crippen LogP contribution in [0.2, 0.25) is 0 Å². The molecule has 0 saturated carbocycles. The van der Waals surface area contributed by atoms with Crippen LogP contribution >= 0.6 is 0 Å². The Hall–Kier alpha value is -2.89. The number of ether oxygens (including phenoxy) is 3. The number of rotatable bonds is 55. The second-order valence-corrected chi connectivity index (χ2v) is 20.3. The minimum atomic E-state index is -0.786. The molecule has 0 aromatic carbocycles. The number of hydrogen-bond donors (Lipinski definition) is 0. The summed E-state index contributed by atoms with van der Waals surface area (Å²) in [6.45, 7) is 6.56. The van der Waals surface area contributed by atoms with Gasteiger partial charge in [0.15, 0.2) is 6.10 Å². The molecule has 406 valence electrons. The standard InChI is InChI=1S/C64H114O6/c1-4-7-10-13-16-19-22-25-27-29-31-33-34-36-39-42-45-48-51-54-57-63(66)69-60-61(59-68-62(65)56-53-50-47-44-41-38-24-21-18-15-12-9-6-3)70-64(67)58-55-52-49-46-43-40-37-35-32-30-28-26-23-20-17-14-11-8-5-2/h12,15,17,20-21,24,26,28,32,35,61H,4-11,13-14,16,18-19,22-23,25,27,29-31,33-34,36-60H2,1-3H3/b15-12-,20-17-,24-21-,28-26-,35-32-. The van der Waals surface area contributed by atoms with Crippen LogP contribution in [-0.4, -0.2) is 37.2 Å². The van der Waals surface area contributed by atoms with Gasteiger partial charge in [0.2, 0.25) is 0 Å². The van der Waals surface area contributed by atoms with Crippen molar-refractivity contribution >= 4 is 17.9 Å². The monoisotopic (exact) mass is 979 g/mol. The first-order valence-corrected chi connectivity index (χ1v) is 30.3. The summed E-state index contributed by atoms with van der Waals surface area (Å²) in [7, 11) is 0. The summed E-state index contributed by atoms with van der Waals surface area (Å²) in [4.78, 5) is 38.2. The van der Waals surface area contributed by atoms with Crippen LogP contribution in [0.1, 0.15) is 310 Å². The van der Waals surface area contributed by atoms with E-state index in [1.807, 2.05) is 0 Å². The predicted molar refractivity (Wildman–Crippen MR) is 302 cm³/mol. The Labute approximate surface area is 434 Å². The first-order valence-electron chi connectivity index (χ1n) is 30.3. The van der Waals surface area contributed by atoms with Crippen molar-refractivity contribution in [2.24, 2.45) is 0 Å². The predicted octanol–water partition coefficient (Wildman–Crippen LogP) is 20.4. The second kappa shape index (κ2) is 58.7. The summed E-state index contributed by atoms with van der Waals surface area (Å²) in [6.07, 6.45) is 73.6. The molecule has 0 aliphatic carbocycles. The summed E-state index contributed by atoms with van der Waals surface area (Å²) >= 11 is 0. The summed E-state index contributed by atoms with van der Waals surface area (Å²) < 4.78 is 16.9. The Bertz CT molecular complexity index is 1260. The SMILES string of the molecule is CCC/C=C\C/C=C\CCCCCCCC(=O)OCC(COC(=O)CCCCCCCCCCCCCCCCCCCCCC)OC(=O)CCCCCCCC/C=C\C/C=C\C/C=C\CCCCC. The zero-order valence-electron chi connectivity index (χ0n) is 46.5. The van der Waals surface area contributed by atoms with Crippen LogP contribution < -0.4 is 0 Å². The van der Waals surface area contributed by atoms with Crippen LogP contribution in [-0.2, 0) is 28.6 Å². The molecule has 0 aliphatic rings. The number of carbonyl (C=O) groups is 3. The summed E-state index contributed by atoms with van der Waals surface area (Å²) in [5.74, 6) is -0.895. The molecule has 0 aromatic rings.